The van der Waals surface area contributed by atoms with Gasteiger partial charge in [0, 0.05) is 17.1 Å². The van der Waals surface area contributed by atoms with Crippen LogP contribution in [0.15, 0.2) is 40.8 Å². The fourth-order valence-electron chi connectivity index (χ4n) is 3.09. The van der Waals surface area contributed by atoms with Crippen molar-refractivity contribution in [1.29, 1.82) is 0 Å². The van der Waals surface area contributed by atoms with E-state index < -0.39 is 5.97 Å². The number of hydrogen-bond acceptors (Lipinski definition) is 4. The van der Waals surface area contributed by atoms with Crippen molar-refractivity contribution in [3.63, 3.8) is 0 Å². The lowest BCUT2D eigenvalue weighted by Gasteiger charge is -2.29. The molecule has 1 unspecified atom stereocenters. The van der Waals surface area contributed by atoms with Gasteiger partial charge >= 0.3 is 5.97 Å². The molecule has 0 aliphatic carbocycles. The van der Waals surface area contributed by atoms with Crippen LogP contribution in [0, 0.1) is 5.92 Å². The quantitative estimate of drug-likeness (QED) is 0.809. The minimum atomic E-state index is -0.791. The average molecular weight is 377 g/mol. The summed E-state index contributed by atoms with van der Waals surface area (Å²) >= 11 is 5.88. The second-order valence-corrected chi connectivity index (χ2v) is 6.90. The van der Waals surface area contributed by atoms with Crippen LogP contribution in [0.25, 0.3) is 11.3 Å². The number of piperidine rings is 1. The maximum Gasteiger partial charge on any atom is 0.307 e. The van der Waals surface area contributed by atoms with Crippen molar-refractivity contribution < 1.29 is 19.1 Å². The molecule has 3 rings (SSSR count). The summed E-state index contributed by atoms with van der Waals surface area (Å²) in [4.78, 5) is 25.1. The SMILES string of the molecule is O=C(CN1CCCC(C(=O)O)C1)NCc1ccc(-c2ccc(Cl)cc2)o1. The fraction of sp³-hybridized carbons (Fsp3) is 0.368. The lowest BCUT2D eigenvalue weighted by Crippen LogP contribution is -2.44. The molecular formula is C19H21ClN2O4. The monoisotopic (exact) mass is 376 g/mol. The summed E-state index contributed by atoms with van der Waals surface area (Å²) in [6.07, 6.45) is 1.47. The maximum atomic E-state index is 12.1. The van der Waals surface area contributed by atoms with Gasteiger partial charge in [0.15, 0.2) is 0 Å². The first kappa shape index (κ1) is 18.5. The summed E-state index contributed by atoms with van der Waals surface area (Å²) < 4.78 is 5.75. The number of nitrogens with zero attached hydrogens (tertiary/aromatic N) is 1. The Morgan fingerprint density at radius 1 is 1.23 bits per heavy atom. The molecule has 0 radical (unpaired) electrons. The fourth-order valence-corrected chi connectivity index (χ4v) is 3.21. The number of carbonyl (C=O) groups is 2. The number of amides is 1. The molecule has 2 aromatic rings. The minimum absolute atomic E-state index is 0.138. The van der Waals surface area contributed by atoms with Crippen LogP contribution in [0.5, 0.6) is 0 Å². The number of halogens is 1. The number of aliphatic carboxylic acids is 1. The van der Waals surface area contributed by atoms with Crippen LogP contribution in [0.3, 0.4) is 0 Å². The Bertz CT molecular complexity index is 772. The number of hydrogen-bond donors (Lipinski definition) is 2. The maximum absolute atomic E-state index is 12.1. The lowest BCUT2D eigenvalue weighted by molar-refractivity contribution is -0.144. The summed E-state index contributed by atoms with van der Waals surface area (Å²) in [5, 5.41) is 12.6. The average Bonchev–Trinajstić information content (AvgIpc) is 3.10. The number of carboxylic acid groups (broad SMARTS) is 1. The second kappa shape index (κ2) is 8.38. The molecule has 1 atom stereocenters. The van der Waals surface area contributed by atoms with E-state index in [-0.39, 0.29) is 18.4 Å². The Balaban J connectivity index is 1.49. The van der Waals surface area contributed by atoms with Crippen molar-refractivity contribution in [2.24, 2.45) is 5.92 Å². The molecule has 1 fully saturated rings. The molecule has 1 aromatic carbocycles. The molecular weight excluding hydrogens is 356 g/mol. The van der Waals surface area contributed by atoms with Gasteiger partial charge in [-0.2, -0.15) is 0 Å². The van der Waals surface area contributed by atoms with E-state index in [4.69, 9.17) is 21.1 Å². The Kier molecular flexibility index (Phi) is 5.96. The molecule has 1 aromatic heterocycles. The second-order valence-electron chi connectivity index (χ2n) is 6.46. The van der Waals surface area contributed by atoms with E-state index in [2.05, 4.69) is 5.32 Å². The molecule has 2 heterocycles. The van der Waals surface area contributed by atoms with Crippen molar-refractivity contribution in [2.45, 2.75) is 19.4 Å². The molecule has 1 aliphatic heterocycles. The van der Waals surface area contributed by atoms with Crippen LogP contribution in [0.4, 0.5) is 0 Å². The summed E-state index contributed by atoms with van der Waals surface area (Å²) in [7, 11) is 0. The van der Waals surface area contributed by atoms with Gasteiger partial charge in [0.1, 0.15) is 11.5 Å². The number of carboxylic acids is 1. The predicted molar refractivity (Wildman–Crippen MR) is 97.8 cm³/mol. The molecule has 1 amide bonds. The van der Waals surface area contributed by atoms with Crippen LogP contribution in [0.2, 0.25) is 5.02 Å². The van der Waals surface area contributed by atoms with Crippen LogP contribution >= 0.6 is 11.6 Å². The smallest absolute Gasteiger partial charge is 0.307 e. The van der Waals surface area contributed by atoms with Gasteiger partial charge in [0.25, 0.3) is 0 Å². The molecule has 1 saturated heterocycles. The Labute approximate surface area is 156 Å². The third-order valence-electron chi connectivity index (χ3n) is 4.47. The van der Waals surface area contributed by atoms with Gasteiger partial charge < -0.3 is 14.8 Å². The number of carbonyl (C=O) groups excluding carboxylic acids is 1. The van der Waals surface area contributed by atoms with E-state index in [9.17, 15) is 9.59 Å². The normalized spacial score (nSPS) is 17.8. The highest BCUT2D eigenvalue weighted by atomic mass is 35.5. The molecule has 26 heavy (non-hydrogen) atoms. The highest BCUT2D eigenvalue weighted by molar-refractivity contribution is 6.30. The van der Waals surface area contributed by atoms with Crippen molar-refractivity contribution in [2.75, 3.05) is 19.6 Å². The minimum Gasteiger partial charge on any atom is -0.481 e. The number of benzene rings is 1. The third kappa shape index (κ3) is 4.86. The molecule has 7 heteroatoms. The van der Waals surface area contributed by atoms with Gasteiger partial charge in [-0.3, -0.25) is 14.5 Å². The van der Waals surface area contributed by atoms with Crippen molar-refractivity contribution in [3.05, 3.63) is 47.2 Å². The number of rotatable bonds is 6. The van der Waals surface area contributed by atoms with Gasteiger partial charge in [0.05, 0.1) is 19.0 Å². The van der Waals surface area contributed by atoms with Crippen molar-refractivity contribution in [3.8, 4) is 11.3 Å². The summed E-state index contributed by atoms with van der Waals surface area (Å²) in [6, 6.07) is 11.0. The largest absolute Gasteiger partial charge is 0.481 e. The standard InChI is InChI=1S/C19H21ClN2O4/c20-15-5-3-13(4-6-15)17-8-7-16(26-17)10-21-18(23)12-22-9-1-2-14(11-22)19(24)25/h3-8,14H,1-2,9-12H2,(H,21,23)(H,24,25). The highest BCUT2D eigenvalue weighted by Crippen LogP contribution is 2.23. The van der Waals surface area contributed by atoms with E-state index in [0.29, 0.717) is 36.1 Å². The Hall–Kier alpha value is -2.31. The van der Waals surface area contributed by atoms with E-state index in [0.717, 1.165) is 18.5 Å². The zero-order valence-electron chi connectivity index (χ0n) is 14.3. The molecule has 0 bridgehead atoms. The zero-order valence-corrected chi connectivity index (χ0v) is 15.0. The summed E-state index contributed by atoms with van der Waals surface area (Å²) in [5.41, 5.74) is 0.917. The predicted octanol–water partition coefficient (Wildman–Crippen LogP) is 3.01. The number of likely N-dealkylation sites (tertiary alicyclic amines) is 1. The van der Waals surface area contributed by atoms with Crippen LogP contribution < -0.4 is 5.32 Å². The van der Waals surface area contributed by atoms with Gasteiger partial charge in [-0.15, -0.1) is 0 Å². The molecule has 2 N–H and O–H groups in total. The molecule has 0 saturated carbocycles. The first-order valence-corrected chi connectivity index (χ1v) is 8.95. The third-order valence-corrected chi connectivity index (χ3v) is 4.72. The van der Waals surface area contributed by atoms with Gasteiger partial charge in [-0.05, 0) is 55.8 Å². The van der Waals surface area contributed by atoms with Gasteiger partial charge in [-0.25, -0.2) is 0 Å². The number of nitrogens with one attached hydrogen (secondary N) is 1. The molecule has 0 spiro atoms. The van der Waals surface area contributed by atoms with Gasteiger partial charge in [-0.1, -0.05) is 11.6 Å². The van der Waals surface area contributed by atoms with Crippen LogP contribution in [-0.2, 0) is 16.1 Å². The van der Waals surface area contributed by atoms with Crippen LogP contribution in [-0.4, -0.2) is 41.5 Å². The Morgan fingerprint density at radius 3 is 2.73 bits per heavy atom. The topological polar surface area (TPSA) is 82.8 Å². The highest BCUT2D eigenvalue weighted by Gasteiger charge is 2.26. The molecule has 138 valence electrons. The lowest BCUT2D eigenvalue weighted by atomic mass is 9.98. The first-order chi connectivity index (χ1) is 12.5. The molecule has 6 nitrogen and oxygen atoms in total. The van der Waals surface area contributed by atoms with E-state index in [1.807, 2.05) is 29.2 Å². The van der Waals surface area contributed by atoms with E-state index >= 15 is 0 Å². The van der Waals surface area contributed by atoms with E-state index in [1.54, 1.807) is 12.1 Å². The van der Waals surface area contributed by atoms with Crippen molar-refractivity contribution >= 4 is 23.5 Å². The van der Waals surface area contributed by atoms with Gasteiger partial charge in [0.2, 0.25) is 5.91 Å². The Morgan fingerprint density at radius 2 is 2.00 bits per heavy atom. The number of furan rings is 1. The van der Waals surface area contributed by atoms with Crippen molar-refractivity contribution in [1.82, 2.24) is 10.2 Å². The first-order valence-electron chi connectivity index (χ1n) is 8.58. The zero-order chi connectivity index (χ0) is 18.5. The van der Waals surface area contributed by atoms with E-state index in [1.165, 1.54) is 0 Å². The molecule has 1 aliphatic rings. The summed E-state index contributed by atoms with van der Waals surface area (Å²) in [5.74, 6) is 0.0565. The summed E-state index contributed by atoms with van der Waals surface area (Å²) in [6.45, 7) is 1.67. The van der Waals surface area contributed by atoms with Crippen LogP contribution in [0.1, 0.15) is 18.6 Å².